The number of aromatic nitrogens is 2. The maximum Gasteiger partial charge on any atom is 0.236 e. The fourth-order valence-corrected chi connectivity index (χ4v) is 1.72. The van der Waals surface area contributed by atoms with E-state index < -0.39 is 0 Å². The molecule has 4 N–H and O–H groups in total. The molecule has 0 bridgehead atoms. The lowest BCUT2D eigenvalue weighted by molar-refractivity contribution is -0.117. The van der Waals surface area contributed by atoms with Crippen LogP contribution in [0.3, 0.4) is 0 Å². The predicted molar refractivity (Wildman–Crippen MR) is 57.5 cm³/mol. The summed E-state index contributed by atoms with van der Waals surface area (Å²) in [5.74, 6) is 0.590. The Morgan fingerprint density at radius 1 is 1.40 bits per heavy atom. The summed E-state index contributed by atoms with van der Waals surface area (Å²) in [4.78, 5) is 20.7. The van der Waals surface area contributed by atoms with Crippen LogP contribution in [0.2, 0.25) is 0 Å². The van der Waals surface area contributed by atoms with Gasteiger partial charge in [-0.2, -0.15) is 9.97 Å². The van der Waals surface area contributed by atoms with Crippen molar-refractivity contribution in [2.75, 3.05) is 22.9 Å². The zero-order chi connectivity index (χ0) is 11.0. The summed E-state index contributed by atoms with van der Waals surface area (Å²) in [5, 5.41) is -0.205. The minimum atomic E-state index is -0.205. The first kappa shape index (κ1) is 9.97. The van der Waals surface area contributed by atoms with Crippen molar-refractivity contribution in [3.8, 4) is 0 Å². The fraction of sp³-hybridized carbons (Fsp3) is 0.375. The van der Waals surface area contributed by atoms with Gasteiger partial charge in [-0.25, -0.2) is 0 Å². The topological polar surface area (TPSA) is 98.1 Å². The highest BCUT2D eigenvalue weighted by Crippen LogP contribution is 2.22. The van der Waals surface area contributed by atoms with E-state index in [1.165, 1.54) is 11.0 Å². The second-order valence-corrected chi connectivity index (χ2v) is 3.94. The molecule has 0 saturated carbocycles. The average Bonchev–Trinajstić information content (AvgIpc) is 2.43. The summed E-state index contributed by atoms with van der Waals surface area (Å²) in [6, 6.07) is 1.43. The van der Waals surface area contributed by atoms with E-state index in [0.717, 1.165) is 0 Å². The Kier molecular flexibility index (Phi) is 2.36. The quantitative estimate of drug-likeness (QED) is 0.658. The van der Waals surface area contributed by atoms with Gasteiger partial charge in [0.2, 0.25) is 11.9 Å². The molecule has 1 fully saturated rings. The Balaban J connectivity index is 2.33. The Labute approximate surface area is 91.2 Å². The molecule has 6 nitrogen and oxygen atoms in total. The normalized spacial score (nSPS) is 21.0. The third-order valence-electron chi connectivity index (χ3n) is 2.07. The lowest BCUT2D eigenvalue weighted by Gasteiger charge is -2.13. The summed E-state index contributed by atoms with van der Waals surface area (Å²) in [5.41, 5.74) is 11.0. The first-order chi connectivity index (χ1) is 7.06. The molecule has 7 heteroatoms. The number of nitrogen functional groups attached to an aromatic ring is 2. The number of rotatable bonds is 1. The summed E-state index contributed by atoms with van der Waals surface area (Å²) in [7, 11) is 0. The van der Waals surface area contributed by atoms with Gasteiger partial charge in [0.25, 0.3) is 0 Å². The number of nitrogens with zero attached hydrogens (tertiary/aromatic N) is 3. The van der Waals surface area contributed by atoms with Gasteiger partial charge in [-0.3, -0.25) is 9.69 Å². The number of carbonyl (C=O) groups excluding carboxylic acids is 1. The van der Waals surface area contributed by atoms with E-state index in [4.69, 9.17) is 23.1 Å². The summed E-state index contributed by atoms with van der Waals surface area (Å²) >= 11 is 5.85. The molecule has 1 saturated heterocycles. The SMILES string of the molecule is Nc1cc(N)nc(N2CC(Cl)CC2=O)n1. The molecule has 1 aliphatic heterocycles. The zero-order valence-corrected chi connectivity index (χ0v) is 8.61. The van der Waals surface area contributed by atoms with Gasteiger partial charge in [0.1, 0.15) is 11.6 Å². The van der Waals surface area contributed by atoms with Crippen LogP contribution in [-0.2, 0) is 4.79 Å². The molecule has 0 radical (unpaired) electrons. The number of alkyl halides is 1. The van der Waals surface area contributed by atoms with Crippen molar-refractivity contribution in [1.29, 1.82) is 0 Å². The van der Waals surface area contributed by atoms with E-state index in [1.807, 2.05) is 0 Å². The zero-order valence-electron chi connectivity index (χ0n) is 7.85. The van der Waals surface area contributed by atoms with Crippen LogP contribution < -0.4 is 16.4 Å². The second kappa shape index (κ2) is 3.54. The van der Waals surface area contributed by atoms with Crippen molar-refractivity contribution >= 4 is 35.1 Å². The van der Waals surface area contributed by atoms with Gasteiger partial charge in [-0.05, 0) is 0 Å². The van der Waals surface area contributed by atoms with Crippen LogP contribution in [0.25, 0.3) is 0 Å². The maximum atomic E-state index is 11.5. The molecule has 0 aliphatic carbocycles. The molecule has 0 aromatic carbocycles. The van der Waals surface area contributed by atoms with E-state index in [9.17, 15) is 4.79 Å². The van der Waals surface area contributed by atoms with Crippen molar-refractivity contribution < 1.29 is 4.79 Å². The molecule has 2 rings (SSSR count). The predicted octanol–water partition coefficient (Wildman–Crippen LogP) is -0.0149. The lowest BCUT2D eigenvalue weighted by Crippen LogP contribution is -2.27. The van der Waals surface area contributed by atoms with Crippen LogP contribution in [0.5, 0.6) is 0 Å². The highest BCUT2D eigenvalue weighted by molar-refractivity contribution is 6.24. The van der Waals surface area contributed by atoms with Crippen molar-refractivity contribution in [3.63, 3.8) is 0 Å². The fourth-order valence-electron chi connectivity index (χ4n) is 1.45. The first-order valence-electron chi connectivity index (χ1n) is 4.40. The summed E-state index contributed by atoms with van der Waals surface area (Å²) < 4.78 is 0. The Hall–Kier alpha value is -1.56. The third kappa shape index (κ3) is 1.94. The summed E-state index contributed by atoms with van der Waals surface area (Å²) in [6.45, 7) is 0.392. The molecule has 1 aliphatic rings. The number of anilines is 3. The monoisotopic (exact) mass is 227 g/mol. The van der Waals surface area contributed by atoms with Crippen LogP contribution in [-0.4, -0.2) is 27.8 Å². The van der Waals surface area contributed by atoms with E-state index >= 15 is 0 Å². The molecule has 2 heterocycles. The largest absolute Gasteiger partial charge is 0.383 e. The number of amides is 1. The molecule has 15 heavy (non-hydrogen) atoms. The second-order valence-electron chi connectivity index (χ2n) is 3.32. The Morgan fingerprint density at radius 3 is 2.47 bits per heavy atom. The maximum absolute atomic E-state index is 11.5. The number of carbonyl (C=O) groups is 1. The van der Waals surface area contributed by atoms with Gasteiger partial charge in [0, 0.05) is 19.0 Å². The highest BCUT2D eigenvalue weighted by atomic mass is 35.5. The third-order valence-corrected chi connectivity index (χ3v) is 2.37. The van der Waals surface area contributed by atoms with Crippen LogP contribution in [0.15, 0.2) is 6.07 Å². The molecule has 1 amide bonds. The van der Waals surface area contributed by atoms with Crippen molar-refractivity contribution in [2.45, 2.75) is 11.8 Å². The van der Waals surface area contributed by atoms with E-state index in [2.05, 4.69) is 9.97 Å². The van der Waals surface area contributed by atoms with E-state index in [1.54, 1.807) is 0 Å². The van der Waals surface area contributed by atoms with Gasteiger partial charge in [-0.1, -0.05) is 0 Å². The minimum absolute atomic E-state index is 0.111. The van der Waals surface area contributed by atoms with Gasteiger partial charge in [0.05, 0.1) is 5.38 Å². The van der Waals surface area contributed by atoms with Crippen LogP contribution in [0, 0.1) is 0 Å². The van der Waals surface area contributed by atoms with Crippen LogP contribution in [0.1, 0.15) is 6.42 Å². The van der Waals surface area contributed by atoms with Gasteiger partial charge in [-0.15, -0.1) is 11.6 Å². The number of hydrogen-bond donors (Lipinski definition) is 2. The molecular weight excluding hydrogens is 218 g/mol. The van der Waals surface area contributed by atoms with Gasteiger partial charge >= 0.3 is 0 Å². The molecule has 80 valence electrons. The van der Waals surface area contributed by atoms with Gasteiger partial charge < -0.3 is 11.5 Å². The number of nitrogens with two attached hydrogens (primary N) is 2. The molecule has 1 aromatic rings. The number of hydrogen-bond acceptors (Lipinski definition) is 5. The lowest BCUT2D eigenvalue weighted by atomic mass is 10.4. The molecule has 1 atom stereocenters. The van der Waals surface area contributed by atoms with E-state index in [-0.39, 0.29) is 28.9 Å². The average molecular weight is 228 g/mol. The van der Waals surface area contributed by atoms with Crippen LogP contribution >= 0.6 is 11.6 Å². The molecule has 0 spiro atoms. The van der Waals surface area contributed by atoms with Crippen molar-refractivity contribution in [1.82, 2.24) is 9.97 Å². The van der Waals surface area contributed by atoms with Crippen molar-refractivity contribution in [2.24, 2.45) is 0 Å². The standard InChI is InChI=1S/C8H10ClN5O/c9-4-1-7(15)14(3-4)8-12-5(10)2-6(11)13-8/h2,4H,1,3H2,(H4,10,11,12,13). The first-order valence-corrected chi connectivity index (χ1v) is 4.84. The van der Waals surface area contributed by atoms with Crippen LogP contribution in [0.4, 0.5) is 17.6 Å². The Bertz CT molecular complexity index is 390. The Morgan fingerprint density at radius 2 is 2.00 bits per heavy atom. The molecule has 1 aromatic heterocycles. The molecular formula is C8H10ClN5O. The van der Waals surface area contributed by atoms with Gasteiger partial charge in [0.15, 0.2) is 0 Å². The molecule has 1 unspecified atom stereocenters. The van der Waals surface area contributed by atoms with Crippen molar-refractivity contribution in [3.05, 3.63) is 6.07 Å². The smallest absolute Gasteiger partial charge is 0.236 e. The summed E-state index contributed by atoms with van der Waals surface area (Å²) in [6.07, 6.45) is 0.291. The highest BCUT2D eigenvalue weighted by Gasteiger charge is 2.31. The number of halogens is 1. The minimum Gasteiger partial charge on any atom is -0.383 e. The van der Waals surface area contributed by atoms with E-state index in [0.29, 0.717) is 13.0 Å².